The molecule has 0 radical (unpaired) electrons. The Balaban J connectivity index is 1.79. The van der Waals surface area contributed by atoms with Crippen LogP contribution in [0.1, 0.15) is 18.4 Å². The average Bonchev–Trinajstić information content (AvgIpc) is 2.70. The van der Waals surface area contributed by atoms with Crippen LogP contribution in [0.3, 0.4) is 0 Å². The lowest BCUT2D eigenvalue weighted by Gasteiger charge is -2.11. The van der Waals surface area contributed by atoms with E-state index in [1.165, 1.54) is 12.1 Å². The number of ether oxygens (including phenoxy) is 1. The van der Waals surface area contributed by atoms with Gasteiger partial charge in [-0.15, -0.1) is 0 Å². The quantitative estimate of drug-likeness (QED) is 0.873. The molecule has 0 amide bonds. The van der Waals surface area contributed by atoms with Crippen LogP contribution < -0.4 is 10.1 Å². The molecule has 0 aliphatic carbocycles. The number of sulfone groups is 1. The van der Waals surface area contributed by atoms with Crippen molar-refractivity contribution in [1.29, 1.82) is 0 Å². The zero-order valence-electron chi connectivity index (χ0n) is 10.9. The third-order valence-electron chi connectivity index (χ3n) is 3.31. The van der Waals surface area contributed by atoms with Crippen molar-refractivity contribution in [3.8, 4) is 5.75 Å². The third-order valence-corrected chi connectivity index (χ3v) is 5.59. The van der Waals surface area contributed by atoms with Crippen LogP contribution >= 0.6 is 0 Å². The molecule has 20 heavy (non-hydrogen) atoms. The molecular formula is C13H17F2NO3S. The lowest BCUT2D eigenvalue weighted by Crippen LogP contribution is -2.30. The number of benzene rings is 1. The molecule has 1 unspecified atom stereocenters. The Hall–Kier alpha value is -1.21. The number of hydrogen-bond donors (Lipinski definition) is 1. The second kappa shape index (κ2) is 6.49. The van der Waals surface area contributed by atoms with Crippen molar-refractivity contribution in [2.24, 2.45) is 0 Å². The molecule has 1 N–H and O–H groups in total. The Morgan fingerprint density at radius 2 is 2.00 bits per heavy atom. The molecule has 2 rings (SSSR count). The first-order valence-corrected chi connectivity index (χ1v) is 8.15. The number of nitrogens with one attached hydrogen (secondary N) is 1. The summed E-state index contributed by atoms with van der Waals surface area (Å²) in [6.45, 7) is -1.90. The highest BCUT2D eigenvalue weighted by Crippen LogP contribution is 2.19. The minimum absolute atomic E-state index is 0.113. The van der Waals surface area contributed by atoms with Crippen LogP contribution in [0.2, 0.25) is 0 Å². The van der Waals surface area contributed by atoms with Gasteiger partial charge in [-0.1, -0.05) is 12.1 Å². The van der Waals surface area contributed by atoms with Crippen molar-refractivity contribution in [1.82, 2.24) is 5.32 Å². The summed E-state index contributed by atoms with van der Waals surface area (Å²) in [5, 5.41) is 2.79. The molecule has 1 aromatic rings. The Labute approximate surface area is 117 Å². The Bertz CT molecular complexity index is 531. The second-order valence-electron chi connectivity index (χ2n) is 4.78. The largest absolute Gasteiger partial charge is 0.435 e. The van der Waals surface area contributed by atoms with Crippen LogP contribution in [-0.2, 0) is 16.4 Å². The Kier molecular flexibility index (Phi) is 4.93. The molecule has 0 aromatic heterocycles. The maximum atomic E-state index is 12.0. The highest BCUT2D eigenvalue weighted by molar-refractivity contribution is 7.92. The topological polar surface area (TPSA) is 55.4 Å². The van der Waals surface area contributed by atoms with Crippen LogP contribution in [0.25, 0.3) is 0 Å². The zero-order valence-corrected chi connectivity index (χ0v) is 11.7. The first-order valence-electron chi connectivity index (χ1n) is 6.43. The van der Waals surface area contributed by atoms with Gasteiger partial charge >= 0.3 is 6.61 Å². The monoisotopic (exact) mass is 305 g/mol. The maximum absolute atomic E-state index is 12.0. The van der Waals surface area contributed by atoms with Gasteiger partial charge in [0.25, 0.3) is 0 Å². The van der Waals surface area contributed by atoms with Crippen molar-refractivity contribution >= 4 is 9.84 Å². The van der Waals surface area contributed by atoms with Gasteiger partial charge in [0.2, 0.25) is 0 Å². The van der Waals surface area contributed by atoms with Gasteiger partial charge in [-0.3, -0.25) is 0 Å². The van der Waals surface area contributed by atoms with Crippen molar-refractivity contribution in [2.45, 2.75) is 31.2 Å². The van der Waals surface area contributed by atoms with Gasteiger partial charge in [0, 0.05) is 13.1 Å². The number of halogens is 2. The van der Waals surface area contributed by atoms with E-state index in [0.29, 0.717) is 19.5 Å². The second-order valence-corrected chi connectivity index (χ2v) is 7.19. The van der Waals surface area contributed by atoms with Crippen molar-refractivity contribution < 1.29 is 21.9 Å². The summed E-state index contributed by atoms with van der Waals surface area (Å²) in [5.41, 5.74) is 0.891. The lowest BCUT2D eigenvalue weighted by molar-refractivity contribution is -0.0498. The van der Waals surface area contributed by atoms with E-state index in [-0.39, 0.29) is 16.8 Å². The first-order chi connectivity index (χ1) is 9.47. The first kappa shape index (κ1) is 15.2. The summed E-state index contributed by atoms with van der Waals surface area (Å²) in [6.07, 6.45) is 1.44. The minimum Gasteiger partial charge on any atom is -0.435 e. The van der Waals surface area contributed by atoms with Crippen LogP contribution in [-0.4, -0.2) is 32.6 Å². The summed E-state index contributed by atoms with van der Waals surface area (Å²) < 4.78 is 51.5. The molecule has 1 saturated heterocycles. The average molecular weight is 305 g/mol. The summed E-state index contributed by atoms with van der Waals surface area (Å²) in [5.74, 6) is 0.390. The highest BCUT2D eigenvalue weighted by atomic mass is 32.2. The van der Waals surface area contributed by atoms with E-state index in [9.17, 15) is 17.2 Å². The molecular weight excluding hydrogens is 288 g/mol. The molecule has 4 nitrogen and oxygen atoms in total. The normalized spacial score (nSPS) is 21.2. The summed E-state index contributed by atoms with van der Waals surface area (Å²) in [6, 6.07) is 6.28. The molecule has 1 aliphatic rings. The molecule has 1 aliphatic heterocycles. The summed E-state index contributed by atoms with van der Waals surface area (Å²) >= 11 is 0. The lowest BCUT2D eigenvalue weighted by atomic mass is 10.2. The maximum Gasteiger partial charge on any atom is 0.387 e. The Morgan fingerprint density at radius 3 is 2.55 bits per heavy atom. The van der Waals surface area contributed by atoms with Gasteiger partial charge in [-0.05, 0) is 30.5 Å². The predicted molar refractivity (Wildman–Crippen MR) is 71.6 cm³/mol. The van der Waals surface area contributed by atoms with E-state index in [1.54, 1.807) is 12.1 Å². The van der Waals surface area contributed by atoms with Crippen molar-refractivity contribution in [2.75, 3.05) is 12.3 Å². The molecule has 0 bridgehead atoms. The molecule has 0 saturated carbocycles. The molecule has 1 aromatic carbocycles. The fourth-order valence-corrected chi connectivity index (χ4v) is 4.05. The fraction of sp³-hybridized carbons (Fsp3) is 0.538. The van der Waals surface area contributed by atoms with Gasteiger partial charge in [0.05, 0.1) is 11.0 Å². The van der Waals surface area contributed by atoms with Gasteiger partial charge in [0.15, 0.2) is 9.84 Å². The fourth-order valence-electron chi connectivity index (χ4n) is 2.25. The van der Waals surface area contributed by atoms with Gasteiger partial charge < -0.3 is 10.1 Å². The number of hydrogen-bond acceptors (Lipinski definition) is 4. The minimum atomic E-state index is -2.93. The number of rotatable bonds is 6. The highest BCUT2D eigenvalue weighted by Gasteiger charge is 2.30. The van der Waals surface area contributed by atoms with Crippen molar-refractivity contribution in [3.05, 3.63) is 29.8 Å². The summed E-state index contributed by atoms with van der Waals surface area (Å²) in [7, 11) is -2.93. The standard InChI is InChI=1S/C13H17F2NO3S/c14-13(15)19-11-5-3-10(4-6-11)8-16-9-12-2-1-7-20(12,17)18/h3-6,12-13,16H,1-2,7-9H2. The smallest absolute Gasteiger partial charge is 0.387 e. The summed E-state index contributed by atoms with van der Waals surface area (Å²) in [4.78, 5) is 0. The molecule has 1 atom stereocenters. The predicted octanol–water partition coefficient (Wildman–Crippen LogP) is 1.95. The van der Waals surface area contributed by atoms with Crippen molar-refractivity contribution in [3.63, 3.8) is 0 Å². The van der Waals surface area contributed by atoms with Crippen LogP contribution in [0.15, 0.2) is 24.3 Å². The number of alkyl halides is 2. The SMILES string of the molecule is O=S1(=O)CCCC1CNCc1ccc(OC(F)F)cc1. The molecule has 0 spiro atoms. The van der Waals surface area contributed by atoms with E-state index in [2.05, 4.69) is 10.1 Å². The van der Waals surface area contributed by atoms with Crippen LogP contribution in [0.4, 0.5) is 8.78 Å². The van der Waals surface area contributed by atoms with Gasteiger partial charge in [-0.25, -0.2) is 8.42 Å². The van der Waals surface area contributed by atoms with Crippen LogP contribution in [0, 0.1) is 0 Å². The zero-order chi connectivity index (χ0) is 14.6. The van der Waals surface area contributed by atoms with Crippen LogP contribution in [0.5, 0.6) is 5.75 Å². The molecule has 1 heterocycles. The molecule has 112 valence electrons. The molecule has 1 fully saturated rings. The van der Waals surface area contributed by atoms with Gasteiger partial charge in [-0.2, -0.15) is 8.78 Å². The van der Waals surface area contributed by atoms with Gasteiger partial charge in [0.1, 0.15) is 5.75 Å². The van der Waals surface area contributed by atoms with E-state index >= 15 is 0 Å². The van der Waals surface area contributed by atoms with E-state index < -0.39 is 16.4 Å². The van der Waals surface area contributed by atoms with E-state index in [1.807, 2.05) is 0 Å². The van der Waals surface area contributed by atoms with E-state index in [0.717, 1.165) is 12.0 Å². The Morgan fingerprint density at radius 1 is 1.30 bits per heavy atom. The van der Waals surface area contributed by atoms with E-state index in [4.69, 9.17) is 0 Å². The third kappa shape index (κ3) is 4.14. The molecule has 7 heteroatoms.